The molecule has 1 atom stereocenters. The van der Waals surface area contributed by atoms with Crippen molar-refractivity contribution in [2.75, 3.05) is 15.6 Å². The Morgan fingerprint density at radius 3 is 1.78 bits per heavy atom. The van der Waals surface area contributed by atoms with Gasteiger partial charge in [0.25, 0.3) is 0 Å². The van der Waals surface area contributed by atoms with Gasteiger partial charge in [-0.15, -0.1) is 6.58 Å². The molecule has 0 aromatic heterocycles. The Bertz CT molecular complexity index is 2270. The molecule has 0 saturated heterocycles. The first-order valence-electron chi connectivity index (χ1n) is 19.2. The number of anilines is 6. The Labute approximate surface area is 332 Å². The standard InChI is InChI=1S/C52H48N2S/c1-3-5-23-40(22-4-2)24-21-25-42(39-55)41-36-37-49-50(38-41)52(54(45-30-15-8-16-31-45)46-32-17-9-18-33-46)48-35-20-10-19-34-47(48)51(49)53(43-26-11-6-12-27-43)44-28-13-7-14-29-44/h4-21,23-33,35-38,40,55H,2-3,22,34,39H2,1H3/b23-5-,24-21+,42-25+. The zero-order valence-corrected chi connectivity index (χ0v) is 32.4. The molecule has 272 valence electrons. The second-order valence-electron chi connectivity index (χ2n) is 13.6. The van der Waals surface area contributed by atoms with E-state index in [1.165, 1.54) is 22.2 Å². The zero-order valence-electron chi connectivity index (χ0n) is 31.5. The van der Waals surface area contributed by atoms with Crippen LogP contribution in [0.1, 0.15) is 36.5 Å². The summed E-state index contributed by atoms with van der Waals surface area (Å²) in [5.74, 6) is 0.911. The highest BCUT2D eigenvalue weighted by Crippen LogP contribution is 2.51. The molecule has 0 spiro atoms. The smallest absolute Gasteiger partial charge is 0.0617 e. The van der Waals surface area contributed by atoms with E-state index in [-0.39, 0.29) is 0 Å². The van der Waals surface area contributed by atoms with Crippen molar-refractivity contribution < 1.29 is 0 Å². The van der Waals surface area contributed by atoms with Gasteiger partial charge in [0.1, 0.15) is 0 Å². The fraction of sp³-hybridized carbons (Fsp3) is 0.115. The molecule has 0 radical (unpaired) electrons. The van der Waals surface area contributed by atoms with Gasteiger partial charge in [0.05, 0.1) is 11.4 Å². The normalized spacial score (nSPS) is 13.2. The topological polar surface area (TPSA) is 6.48 Å². The lowest BCUT2D eigenvalue weighted by Crippen LogP contribution is -2.17. The minimum Gasteiger partial charge on any atom is -0.310 e. The summed E-state index contributed by atoms with van der Waals surface area (Å²) in [5, 5.41) is 2.34. The van der Waals surface area contributed by atoms with Gasteiger partial charge in [-0.1, -0.05) is 153 Å². The number of allylic oxidation sites excluding steroid dienone is 9. The third-order valence-corrected chi connectivity index (χ3v) is 10.3. The Morgan fingerprint density at radius 2 is 1.25 bits per heavy atom. The zero-order chi connectivity index (χ0) is 37.8. The largest absolute Gasteiger partial charge is 0.310 e. The van der Waals surface area contributed by atoms with Crippen LogP contribution in [-0.2, 0) is 6.42 Å². The summed E-state index contributed by atoms with van der Waals surface area (Å²) in [6.45, 7) is 6.16. The molecule has 0 fully saturated rings. The van der Waals surface area contributed by atoms with Crippen LogP contribution in [0, 0.1) is 5.92 Å². The second-order valence-corrected chi connectivity index (χ2v) is 13.9. The molecule has 1 unspecified atom stereocenters. The van der Waals surface area contributed by atoms with Crippen LogP contribution in [0.25, 0.3) is 22.4 Å². The van der Waals surface area contributed by atoms with Gasteiger partial charge >= 0.3 is 0 Å². The van der Waals surface area contributed by atoms with Crippen molar-refractivity contribution in [3.8, 4) is 0 Å². The fourth-order valence-corrected chi connectivity index (χ4v) is 7.71. The molecule has 1 aliphatic carbocycles. The molecule has 0 bridgehead atoms. The first-order chi connectivity index (χ1) is 27.2. The van der Waals surface area contributed by atoms with Crippen molar-refractivity contribution in [1.29, 1.82) is 0 Å². The molecule has 6 aromatic carbocycles. The minimum atomic E-state index is 0.309. The molecule has 0 saturated carbocycles. The summed E-state index contributed by atoms with van der Waals surface area (Å²) in [7, 11) is 0. The van der Waals surface area contributed by atoms with Crippen molar-refractivity contribution in [1.82, 2.24) is 0 Å². The second kappa shape index (κ2) is 18.3. The molecular formula is C52H48N2S. The van der Waals surface area contributed by atoms with Crippen LogP contribution in [0.5, 0.6) is 0 Å². The van der Waals surface area contributed by atoms with Crippen molar-refractivity contribution in [2.24, 2.45) is 5.92 Å². The Kier molecular flexibility index (Phi) is 12.4. The maximum absolute atomic E-state index is 4.90. The number of hydrogen-bond acceptors (Lipinski definition) is 3. The summed E-state index contributed by atoms with van der Waals surface area (Å²) >= 11 is 4.90. The predicted octanol–water partition coefficient (Wildman–Crippen LogP) is 14.9. The van der Waals surface area contributed by atoms with Gasteiger partial charge in [0.2, 0.25) is 0 Å². The molecule has 1 aliphatic rings. The van der Waals surface area contributed by atoms with E-state index < -0.39 is 0 Å². The van der Waals surface area contributed by atoms with Gasteiger partial charge in [-0.2, -0.15) is 12.6 Å². The monoisotopic (exact) mass is 732 g/mol. The lowest BCUT2D eigenvalue weighted by Gasteiger charge is -2.34. The third kappa shape index (κ3) is 8.38. The molecule has 0 aliphatic heterocycles. The average Bonchev–Trinajstić information content (AvgIpc) is 3.50. The Hall–Kier alpha value is -6.03. The lowest BCUT2D eigenvalue weighted by atomic mass is 9.89. The summed E-state index contributed by atoms with van der Waals surface area (Å²) in [6.07, 6.45) is 24.8. The van der Waals surface area contributed by atoms with Crippen LogP contribution in [0.15, 0.2) is 201 Å². The van der Waals surface area contributed by atoms with Crippen molar-refractivity contribution in [3.05, 3.63) is 217 Å². The number of hydrogen-bond donors (Lipinski definition) is 1. The molecule has 7 rings (SSSR count). The Balaban J connectivity index is 1.56. The Morgan fingerprint density at radius 1 is 0.691 bits per heavy atom. The molecule has 6 aromatic rings. The first-order valence-corrected chi connectivity index (χ1v) is 19.9. The van der Waals surface area contributed by atoms with E-state index in [0.717, 1.165) is 64.2 Å². The summed E-state index contributed by atoms with van der Waals surface area (Å²) in [6, 6.07) is 50.0. The van der Waals surface area contributed by atoms with Crippen molar-refractivity contribution in [2.45, 2.75) is 26.2 Å². The van der Waals surface area contributed by atoms with Crippen LogP contribution in [0.3, 0.4) is 0 Å². The molecule has 2 nitrogen and oxygen atoms in total. The van der Waals surface area contributed by atoms with E-state index in [4.69, 9.17) is 12.6 Å². The van der Waals surface area contributed by atoms with Crippen molar-refractivity contribution >= 4 is 69.2 Å². The van der Waals surface area contributed by atoms with Crippen LogP contribution in [0.2, 0.25) is 0 Å². The third-order valence-electron chi connectivity index (χ3n) is 9.99. The number of nitrogens with zero attached hydrogens (tertiary/aromatic N) is 2. The van der Waals surface area contributed by atoms with E-state index >= 15 is 0 Å². The SMILES string of the molecule is C=CCC(/C=C\CC)/C=C/C=C(\CS)c1ccc2c(N(c3ccccc3)c3ccccc3)c3c(c(N(c4ccccc4)c4ccccc4)c2c1)C=CC=CC3. The van der Waals surface area contributed by atoms with Crippen molar-refractivity contribution in [3.63, 3.8) is 0 Å². The van der Waals surface area contributed by atoms with Crippen LogP contribution >= 0.6 is 12.6 Å². The number of rotatable bonds is 14. The fourth-order valence-electron chi connectivity index (χ4n) is 7.43. The highest BCUT2D eigenvalue weighted by molar-refractivity contribution is 7.80. The maximum Gasteiger partial charge on any atom is 0.0617 e. The summed E-state index contributed by atoms with van der Waals surface area (Å²) in [5.41, 5.74) is 11.5. The van der Waals surface area contributed by atoms with Crippen LogP contribution in [0.4, 0.5) is 34.1 Å². The molecular weight excluding hydrogens is 685 g/mol. The summed E-state index contributed by atoms with van der Waals surface area (Å²) in [4.78, 5) is 4.87. The highest BCUT2D eigenvalue weighted by atomic mass is 32.1. The predicted molar refractivity (Wildman–Crippen MR) is 244 cm³/mol. The average molecular weight is 733 g/mol. The first kappa shape index (κ1) is 37.3. The van der Waals surface area contributed by atoms with E-state index in [1.807, 2.05) is 6.08 Å². The number of fused-ring (bicyclic) bond motifs is 2. The van der Waals surface area contributed by atoms with Gasteiger partial charge in [-0.05, 0) is 96.5 Å². The number of benzene rings is 6. The van der Waals surface area contributed by atoms with Crippen LogP contribution < -0.4 is 9.80 Å². The summed E-state index contributed by atoms with van der Waals surface area (Å²) < 4.78 is 0. The van der Waals surface area contributed by atoms with Crippen LogP contribution in [-0.4, -0.2) is 5.75 Å². The molecule has 0 amide bonds. The van der Waals surface area contributed by atoms with Gasteiger partial charge < -0.3 is 9.80 Å². The van der Waals surface area contributed by atoms with Gasteiger partial charge in [-0.3, -0.25) is 0 Å². The van der Waals surface area contributed by atoms with E-state index in [1.54, 1.807) is 0 Å². The van der Waals surface area contributed by atoms with Gasteiger partial charge in [0, 0.05) is 44.8 Å². The molecule has 3 heteroatoms. The van der Waals surface area contributed by atoms with Gasteiger partial charge in [-0.25, -0.2) is 0 Å². The molecule has 55 heavy (non-hydrogen) atoms. The maximum atomic E-state index is 4.90. The minimum absolute atomic E-state index is 0.309. The highest BCUT2D eigenvalue weighted by Gasteiger charge is 2.28. The van der Waals surface area contributed by atoms with E-state index in [2.05, 4.69) is 218 Å². The molecule has 0 heterocycles. The molecule has 0 N–H and O–H groups in total. The van der Waals surface area contributed by atoms with E-state index in [0.29, 0.717) is 11.7 Å². The number of thiol groups is 1. The lowest BCUT2D eigenvalue weighted by molar-refractivity contribution is 0.828. The number of para-hydroxylation sites is 4. The van der Waals surface area contributed by atoms with Gasteiger partial charge in [0.15, 0.2) is 0 Å². The van der Waals surface area contributed by atoms with E-state index in [9.17, 15) is 0 Å². The quantitative estimate of drug-likeness (QED) is 0.0516.